The summed E-state index contributed by atoms with van der Waals surface area (Å²) >= 11 is 0. The molecule has 0 amide bonds. The standard InChI is InChI=1S/C18H25N3O4/c1-4-11-24-18(7-9-19-10-8-18)17-20-16(21-25-17)14-6-5-13(22-2)12-15(14)23-3/h5-6,12,19H,4,7-11H2,1-3H3. The van der Waals surface area contributed by atoms with Gasteiger partial charge in [-0.25, -0.2) is 0 Å². The molecule has 2 aromatic rings. The number of aromatic nitrogens is 2. The predicted molar refractivity (Wildman–Crippen MR) is 92.9 cm³/mol. The van der Waals surface area contributed by atoms with Crippen molar-refractivity contribution in [2.75, 3.05) is 33.9 Å². The van der Waals surface area contributed by atoms with Crippen molar-refractivity contribution in [1.29, 1.82) is 0 Å². The second-order valence-electron chi connectivity index (χ2n) is 6.08. The molecule has 136 valence electrons. The molecule has 7 heteroatoms. The van der Waals surface area contributed by atoms with Gasteiger partial charge >= 0.3 is 0 Å². The average molecular weight is 347 g/mol. The summed E-state index contributed by atoms with van der Waals surface area (Å²) in [5, 5.41) is 7.52. The molecule has 0 aliphatic carbocycles. The van der Waals surface area contributed by atoms with Crippen molar-refractivity contribution in [1.82, 2.24) is 15.5 Å². The van der Waals surface area contributed by atoms with Gasteiger partial charge in [0.1, 0.15) is 17.1 Å². The SMILES string of the molecule is CCCOC1(c2nc(-c3ccc(OC)cc3OC)no2)CCNCC1. The number of hydrogen-bond donors (Lipinski definition) is 1. The molecule has 1 aromatic heterocycles. The molecule has 1 aliphatic rings. The lowest BCUT2D eigenvalue weighted by Crippen LogP contribution is -2.42. The molecule has 1 fully saturated rings. The summed E-state index contributed by atoms with van der Waals surface area (Å²) in [5.74, 6) is 2.38. The van der Waals surface area contributed by atoms with Crippen molar-refractivity contribution in [3.63, 3.8) is 0 Å². The van der Waals surface area contributed by atoms with Crippen LogP contribution in [0.15, 0.2) is 22.7 Å². The molecule has 1 aliphatic heterocycles. The summed E-state index contributed by atoms with van der Waals surface area (Å²) in [6, 6.07) is 5.52. The van der Waals surface area contributed by atoms with Gasteiger partial charge in [-0.3, -0.25) is 0 Å². The highest BCUT2D eigenvalue weighted by Gasteiger charge is 2.40. The minimum absolute atomic E-state index is 0.493. The van der Waals surface area contributed by atoms with Crippen LogP contribution in [0.4, 0.5) is 0 Å². The molecule has 0 atom stereocenters. The van der Waals surface area contributed by atoms with Gasteiger partial charge in [0.25, 0.3) is 5.89 Å². The fraction of sp³-hybridized carbons (Fsp3) is 0.556. The molecule has 1 saturated heterocycles. The van der Waals surface area contributed by atoms with Crippen molar-refractivity contribution in [2.24, 2.45) is 0 Å². The normalized spacial score (nSPS) is 16.6. The summed E-state index contributed by atoms with van der Waals surface area (Å²) < 4.78 is 22.5. The van der Waals surface area contributed by atoms with Crippen molar-refractivity contribution in [3.05, 3.63) is 24.1 Å². The molecule has 3 rings (SSSR count). The van der Waals surface area contributed by atoms with Crippen LogP contribution in [0.25, 0.3) is 11.4 Å². The van der Waals surface area contributed by atoms with Gasteiger partial charge < -0.3 is 24.1 Å². The maximum atomic E-state index is 6.16. The smallest absolute Gasteiger partial charge is 0.259 e. The van der Waals surface area contributed by atoms with Crippen LogP contribution in [0.3, 0.4) is 0 Å². The maximum absolute atomic E-state index is 6.16. The first-order valence-electron chi connectivity index (χ1n) is 8.63. The Morgan fingerprint density at radius 1 is 1.20 bits per heavy atom. The summed E-state index contributed by atoms with van der Waals surface area (Å²) in [7, 11) is 3.23. The predicted octanol–water partition coefficient (Wildman–Crippen LogP) is 2.76. The van der Waals surface area contributed by atoms with Gasteiger partial charge in [-0.05, 0) is 44.5 Å². The lowest BCUT2D eigenvalue weighted by Gasteiger charge is -2.34. The molecule has 0 unspecified atom stereocenters. The molecular formula is C18H25N3O4. The Hall–Kier alpha value is -2.12. The molecule has 0 spiro atoms. The van der Waals surface area contributed by atoms with Gasteiger partial charge in [-0.15, -0.1) is 0 Å². The first-order chi connectivity index (χ1) is 12.2. The first-order valence-corrected chi connectivity index (χ1v) is 8.63. The summed E-state index contributed by atoms with van der Waals surface area (Å²) in [5.41, 5.74) is 0.254. The van der Waals surface area contributed by atoms with E-state index in [1.165, 1.54) is 0 Å². The topological polar surface area (TPSA) is 78.6 Å². The third-order valence-corrected chi connectivity index (χ3v) is 4.46. The van der Waals surface area contributed by atoms with E-state index < -0.39 is 5.60 Å². The number of nitrogens with one attached hydrogen (secondary N) is 1. The van der Waals surface area contributed by atoms with Gasteiger partial charge in [-0.1, -0.05) is 12.1 Å². The van der Waals surface area contributed by atoms with Crippen molar-refractivity contribution < 1.29 is 18.7 Å². The van der Waals surface area contributed by atoms with Crippen LogP contribution in [0.2, 0.25) is 0 Å². The number of nitrogens with zero attached hydrogens (tertiary/aromatic N) is 2. The Morgan fingerprint density at radius 2 is 2.00 bits per heavy atom. The summed E-state index contributed by atoms with van der Waals surface area (Å²) in [6.45, 7) is 4.50. The van der Waals surface area contributed by atoms with Crippen LogP contribution in [0, 0.1) is 0 Å². The quantitative estimate of drug-likeness (QED) is 0.825. The number of benzene rings is 1. The second kappa shape index (κ2) is 7.84. The molecule has 0 saturated carbocycles. The van der Waals surface area contributed by atoms with Crippen molar-refractivity contribution in [3.8, 4) is 22.9 Å². The second-order valence-corrected chi connectivity index (χ2v) is 6.08. The average Bonchev–Trinajstić information content (AvgIpc) is 3.17. The first kappa shape index (κ1) is 17.7. The molecule has 1 N–H and O–H groups in total. The molecular weight excluding hydrogens is 322 g/mol. The minimum atomic E-state index is -0.508. The zero-order valence-electron chi connectivity index (χ0n) is 15.0. The zero-order valence-corrected chi connectivity index (χ0v) is 15.0. The Labute approximate surface area is 147 Å². The third kappa shape index (κ3) is 3.62. The van der Waals surface area contributed by atoms with Gasteiger partial charge in [0.15, 0.2) is 0 Å². The van der Waals surface area contributed by atoms with Crippen LogP contribution in [-0.4, -0.2) is 44.1 Å². The van der Waals surface area contributed by atoms with Crippen molar-refractivity contribution in [2.45, 2.75) is 31.8 Å². The largest absolute Gasteiger partial charge is 0.497 e. The minimum Gasteiger partial charge on any atom is -0.497 e. The molecule has 25 heavy (non-hydrogen) atoms. The van der Waals surface area contributed by atoms with E-state index in [0.717, 1.165) is 37.9 Å². The number of hydrogen-bond acceptors (Lipinski definition) is 7. The highest BCUT2D eigenvalue weighted by molar-refractivity contribution is 5.65. The monoisotopic (exact) mass is 347 g/mol. The van der Waals surface area contributed by atoms with E-state index in [4.69, 9.17) is 18.7 Å². The Morgan fingerprint density at radius 3 is 2.68 bits per heavy atom. The maximum Gasteiger partial charge on any atom is 0.259 e. The van der Waals surface area contributed by atoms with Gasteiger partial charge in [0.2, 0.25) is 5.82 Å². The highest BCUT2D eigenvalue weighted by atomic mass is 16.5. The number of ether oxygens (including phenoxy) is 3. The van der Waals surface area contributed by atoms with Crippen molar-refractivity contribution >= 4 is 0 Å². The summed E-state index contributed by atoms with van der Waals surface area (Å²) in [6.07, 6.45) is 2.57. The lowest BCUT2D eigenvalue weighted by atomic mass is 9.92. The molecule has 7 nitrogen and oxygen atoms in total. The number of methoxy groups -OCH3 is 2. The van der Waals surface area contributed by atoms with E-state index in [-0.39, 0.29) is 0 Å². The van der Waals surface area contributed by atoms with Crippen LogP contribution >= 0.6 is 0 Å². The van der Waals surface area contributed by atoms with Gasteiger partial charge in [0, 0.05) is 12.7 Å². The molecule has 0 bridgehead atoms. The summed E-state index contributed by atoms with van der Waals surface area (Å²) in [4.78, 5) is 4.64. The number of piperidine rings is 1. The lowest BCUT2D eigenvalue weighted by molar-refractivity contribution is -0.0909. The van der Waals surface area contributed by atoms with Crippen LogP contribution in [-0.2, 0) is 10.3 Å². The fourth-order valence-corrected chi connectivity index (χ4v) is 3.05. The van der Waals surface area contributed by atoms with Gasteiger partial charge in [-0.2, -0.15) is 4.98 Å². The Bertz CT molecular complexity index is 695. The molecule has 1 aromatic carbocycles. The van der Waals surface area contributed by atoms with E-state index in [9.17, 15) is 0 Å². The van der Waals surface area contributed by atoms with E-state index in [1.807, 2.05) is 12.1 Å². The molecule has 0 radical (unpaired) electrons. The van der Waals surface area contributed by atoms with Crippen LogP contribution < -0.4 is 14.8 Å². The number of rotatable bonds is 7. The van der Waals surface area contributed by atoms with E-state index >= 15 is 0 Å². The van der Waals surface area contributed by atoms with Gasteiger partial charge in [0.05, 0.1) is 19.8 Å². The highest BCUT2D eigenvalue weighted by Crippen LogP contribution is 2.37. The van der Waals surface area contributed by atoms with Crippen LogP contribution in [0.1, 0.15) is 32.1 Å². The Kier molecular flexibility index (Phi) is 5.55. The zero-order chi connectivity index (χ0) is 17.7. The molecule has 2 heterocycles. The van der Waals surface area contributed by atoms with E-state index in [1.54, 1.807) is 20.3 Å². The Balaban J connectivity index is 1.93. The third-order valence-electron chi connectivity index (χ3n) is 4.46. The van der Waals surface area contributed by atoms with E-state index in [2.05, 4.69) is 22.4 Å². The van der Waals surface area contributed by atoms with Crippen LogP contribution in [0.5, 0.6) is 11.5 Å². The van der Waals surface area contributed by atoms with E-state index in [0.29, 0.717) is 29.8 Å². The fourth-order valence-electron chi connectivity index (χ4n) is 3.05.